The second-order valence-electron chi connectivity index (χ2n) is 5.95. The lowest BCUT2D eigenvalue weighted by atomic mass is 10.1. The molecule has 1 aromatic carbocycles. The summed E-state index contributed by atoms with van der Waals surface area (Å²) in [7, 11) is -3.51. The van der Waals surface area contributed by atoms with E-state index in [9.17, 15) is 26.4 Å². The van der Waals surface area contributed by atoms with Gasteiger partial charge in [0, 0.05) is 44.8 Å². The molecule has 1 amide bonds. The molecule has 0 unspecified atom stereocenters. The van der Waals surface area contributed by atoms with Crippen molar-refractivity contribution < 1.29 is 26.4 Å². The van der Waals surface area contributed by atoms with Gasteiger partial charge in [-0.2, -0.15) is 17.5 Å². The minimum atomic E-state index is -4.41. The van der Waals surface area contributed by atoms with Crippen LogP contribution < -0.4 is 10.2 Å². The number of amides is 1. The topological polar surface area (TPSA) is 69.7 Å². The van der Waals surface area contributed by atoms with Crippen molar-refractivity contribution in [2.24, 2.45) is 0 Å². The third-order valence-corrected chi connectivity index (χ3v) is 6.05. The Hall–Kier alpha value is -1.81. The van der Waals surface area contributed by atoms with Gasteiger partial charge in [0.15, 0.2) is 0 Å². The van der Waals surface area contributed by atoms with Gasteiger partial charge in [-0.05, 0) is 18.2 Å². The van der Waals surface area contributed by atoms with Crippen LogP contribution >= 0.6 is 0 Å². The summed E-state index contributed by atoms with van der Waals surface area (Å²) in [5.74, 6) is -0.406. The van der Waals surface area contributed by atoms with E-state index in [2.05, 4.69) is 5.32 Å². The van der Waals surface area contributed by atoms with Gasteiger partial charge >= 0.3 is 6.18 Å². The summed E-state index contributed by atoms with van der Waals surface area (Å²) in [6.45, 7) is 2.73. The van der Waals surface area contributed by atoms with Crippen molar-refractivity contribution in [1.29, 1.82) is 0 Å². The zero-order valence-electron chi connectivity index (χ0n) is 14.4. The van der Waals surface area contributed by atoms with E-state index in [1.807, 2.05) is 0 Å². The lowest BCUT2D eigenvalue weighted by Gasteiger charge is -2.35. The van der Waals surface area contributed by atoms with Gasteiger partial charge in [0.1, 0.15) is 0 Å². The highest BCUT2D eigenvalue weighted by Crippen LogP contribution is 2.31. The molecule has 0 spiro atoms. The van der Waals surface area contributed by atoms with Crippen LogP contribution in [0, 0.1) is 0 Å². The molecule has 0 bridgehead atoms. The summed E-state index contributed by atoms with van der Waals surface area (Å²) in [5.41, 5.74) is -0.302. The maximum absolute atomic E-state index is 12.8. The van der Waals surface area contributed by atoms with Crippen LogP contribution in [0.1, 0.15) is 18.9 Å². The Balaban J connectivity index is 1.93. The largest absolute Gasteiger partial charge is 0.416 e. The Bertz CT molecular complexity index is 730. The molecule has 1 saturated heterocycles. The molecule has 1 fully saturated rings. The summed E-state index contributed by atoms with van der Waals surface area (Å²) < 4.78 is 64.4. The molecular formula is C16H22F3N3O3S. The van der Waals surface area contributed by atoms with Crippen LogP contribution in [0.4, 0.5) is 18.9 Å². The standard InChI is InChI=1S/C16H22F3N3O3S/c1-2-15(23)20-6-11-26(24,25)22-9-7-21(8-10-22)14-5-3-4-13(12-14)16(17,18)19/h3-5,12H,2,6-11H2,1H3,(H,20,23). The summed E-state index contributed by atoms with van der Waals surface area (Å²) in [6, 6.07) is 5.01. The van der Waals surface area contributed by atoms with Crippen LogP contribution in [0.3, 0.4) is 0 Å². The Morgan fingerprint density at radius 3 is 2.42 bits per heavy atom. The average Bonchev–Trinajstić information content (AvgIpc) is 2.61. The fourth-order valence-electron chi connectivity index (χ4n) is 2.68. The number of halogens is 3. The number of benzene rings is 1. The van der Waals surface area contributed by atoms with E-state index >= 15 is 0 Å². The number of piperazine rings is 1. The molecule has 26 heavy (non-hydrogen) atoms. The Morgan fingerprint density at radius 1 is 1.19 bits per heavy atom. The maximum Gasteiger partial charge on any atom is 0.416 e. The second-order valence-corrected chi connectivity index (χ2v) is 8.04. The Labute approximate surface area is 151 Å². The molecule has 0 saturated carbocycles. The molecule has 0 radical (unpaired) electrons. The first kappa shape index (κ1) is 20.5. The van der Waals surface area contributed by atoms with Crippen molar-refractivity contribution in [3.63, 3.8) is 0 Å². The average molecular weight is 393 g/mol. The van der Waals surface area contributed by atoms with Gasteiger partial charge in [-0.15, -0.1) is 0 Å². The lowest BCUT2D eigenvalue weighted by Crippen LogP contribution is -2.50. The normalized spacial score (nSPS) is 16.5. The van der Waals surface area contributed by atoms with Gasteiger partial charge in [0.05, 0.1) is 11.3 Å². The molecule has 0 aliphatic carbocycles. The molecule has 1 aliphatic rings. The molecule has 1 heterocycles. The molecule has 10 heteroatoms. The summed E-state index contributed by atoms with van der Waals surface area (Å²) >= 11 is 0. The fourth-order valence-corrected chi connectivity index (χ4v) is 4.01. The van der Waals surface area contributed by atoms with Crippen molar-refractivity contribution in [1.82, 2.24) is 9.62 Å². The predicted molar refractivity (Wildman–Crippen MR) is 92.3 cm³/mol. The number of sulfonamides is 1. The molecule has 1 aromatic rings. The lowest BCUT2D eigenvalue weighted by molar-refractivity contribution is -0.137. The minimum absolute atomic E-state index is 0.0445. The van der Waals surface area contributed by atoms with Crippen LogP contribution in [0.2, 0.25) is 0 Å². The zero-order chi connectivity index (χ0) is 19.4. The highest BCUT2D eigenvalue weighted by molar-refractivity contribution is 7.89. The Kier molecular flexibility index (Phi) is 6.51. The zero-order valence-corrected chi connectivity index (χ0v) is 15.2. The van der Waals surface area contributed by atoms with Gasteiger partial charge in [-0.25, -0.2) is 8.42 Å². The highest BCUT2D eigenvalue weighted by atomic mass is 32.2. The fraction of sp³-hybridized carbons (Fsp3) is 0.562. The van der Waals surface area contributed by atoms with E-state index in [0.29, 0.717) is 18.8 Å². The SMILES string of the molecule is CCC(=O)NCCS(=O)(=O)N1CCN(c2cccc(C(F)(F)F)c2)CC1. The molecule has 1 N–H and O–H groups in total. The number of rotatable bonds is 6. The van der Waals surface area contributed by atoms with Gasteiger partial charge in [0.25, 0.3) is 0 Å². The maximum atomic E-state index is 12.8. The molecule has 1 aliphatic heterocycles. The minimum Gasteiger partial charge on any atom is -0.369 e. The van der Waals surface area contributed by atoms with Gasteiger partial charge in [-0.3, -0.25) is 4.79 Å². The van der Waals surface area contributed by atoms with E-state index in [1.54, 1.807) is 17.9 Å². The van der Waals surface area contributed by atoms with Crippen LogP contribution in [-0.4, -0.2) is 57.1 Å². The molecular weight excluding hydrogens is 371 g/mol. The van der Waals surface area contributed by atoms with Crippen molar-refractivity contribution in [3.8, 4) is 0 Å². The molecule has 0 aromatic heterocycles. The third-order valence-electron chi connectivity index (χ3n) is 4.17. The molecule has 0 atom stereocenters. The first-order chi connectivity index (χ1) is 12.1. The quantitative estimate of drug-likeness (QED) is 0.799. The number of alkyl halides is 3. The van der Waals surface area contributed by atoms with Gasteiger partial charge in [0.2, 0.25) is 15.9 Å². The van der Waals surface area contributed by atoms with Crippen molar-refractivity contribution in [2.45, 2.75) is 19.5 Å². The molecule has 2 rings (SSSR count). The number of hydrogen-bond donors (Lipinski definition) is 1. The van der Waals surface area contributed by atoms with Crippen LogP contribution in [0.15, 0.2) is 24.3 Å². The van der Waals surface area contributed by atoms with Gasteiger partial charge < -0.3 is 10.2 Å². The number of hydrogen-bond acceptors (Lipinski definition) is 4. The number of carbonyl (C=O) groups is 1. The van der Waals surface area contributed by atoms with Crippen molar-refractivity contribution in [2.75, 3.05) is 43.4 Å². The van der Waals surface area contributed by atoms with E-state index in [4.69, 9.17) is 0 Å². The number of carbonyl (C=O) groups excluding carboxylic acids is 1. The summed E-state index contributed by atoms with van der Waals surface area (Å²) in [5, 5.41) is 2.52. The van der Waals surface area contributed by atoms with Crippen LogP contribution in [0.5, 0.6) is 0 Å². The van der Waals surface area contributed by atoms with E-state index in [0.717, 1.165) is 12.1 Å². The van der Waals surface area contributed by atoms with Crippen molar-refractivity contribution >= 4 is 21.6 Å². The summed E-state index contributed by atoms with van der Waals surface area (Å²) in [6.07, 6.45) is -4.13. The monoisotopic (exact) mass is 393 g/mol. The van der Waals surface area contributed by atoms with Crippen LogP contribution in [-0.2, 0) is 21.0 Å². The molecule has 146 valence electrons. The van der Waals surface area contributed by atoms with E-state index < -0.39 is 21.8 Å². The van der Waals surface area contributed by atoms with E-state index in [1.165, 1.54) is 10.4 Å². The number of nitrogens with one attached hydrogen (secondary N) is 1. The Morgan fingerprint density at radius 2 is 1.85 bits per heavy atom. The third kappa shape index (κ3) is 5.34. The second kappa shape index (κ2) is 8.26. The van der Waals surface area contributed by atoms with Gasteiger partial charge in [-0.1, -0.05) is 13.0 Å². The molecule has 6 nitrogen and oxygen atoms in total. The van der Waals surface area contributed by atoms with Crippen LogP contribution in [0.25, 0.3) is 0 Å². The van der Waals surface area contributed by atoms with E-state index in [-0.39, 0.29) is 37.7 Å². The highest BCUT2D eigenvalue weighted by Gasteiger charge is 2.32. The predicted octanol–water partition coefficient (Wildman–Crippen LogP) is 1.68. The smallest absolute Gasteiger partial charge is 0.369 e. The summed E-state index contributed by atoms with van der Waals surface area (Å²) in [4.78, 5) is 12.9. The van der Waals surface area contributed by atoms with Crippen molar-refractivity contribution in [3.05, 3.63) is 29.8 Å². The number of anilines is 1. The number of nitrogens with zero attached hydrogens (tertiary/aromatic N) is 2. The first-order valence-electron chi connectivity index (χ1n) is 8.30. The first-order valence-corrected chi connectivity index (χ1v) is 9.91.